The lowest BCUT2D eigenvalue weighted by molar-refractivity contribution is 0.150. The number of fused-ring (bicyclic) bond motifs is 1. The number of aromatic hydroxyl groups is 1. The normalized spacial score (nSPS) is 20.3. The first-order valence-corrected chi connectivity index (χ1v) is 6.76. The number of hydrogen-bond acceptors (Lipinski definition) is 3. The van der Waals surface area contributed by atoms with Crippen molar-refractivity contribution in [3.8, 4) is 11.5 Å². The van der Waals surface area contributed by atoms with E-state index >= 15 is 0 Å². The SMILES string of the molecule is COc1cc(CC2(O)CC2)c(O)c2c1CCCC2. The van der Waals surface area contributed by atoms with Crippen LogP contribution in [0.1, 0.15) is 42.4 Å². The third-order valence-corrected chi connectivity index (χ3v) is 4.23. The van der Waals surface area contributed by atoms with Gasteiger partial charge in [0.15, 0.2) is 0 Å². The molecular formula is C15H20O3. The minimum absolute atomic E-state index is 0.394. The molecule has 1 saturated carbocycles. The molecule has 0 atom stereocenters. The van der Waals surface area contributed by atoms with Gasteiger partial charge in [-0.05, 0) is 44.6 Å². The van der Waals surface area contributed by atoms with Crippen molar-refractivity contribution in [2.75, 3.05) is 7.11 Å². The maximum atomic E-state index is 10.4. The number of aliphatic hydroxyl groups is 1. The zero-order chi connectivity index (χ0) is 12.8. The molecule has 0 amide bonds. The zero-order valence-corrected chi connectivity index (χ0v) is 10.8. The highest BCUT2D eigenvalue weighted by molar-refractivity contribution is 5.54. The van der Waals surface area contributed by atoms with Gasteiger partial charge < -0.3 is 14.9 Å². The van der Waals surface area contributed by atoms with Crippen LogP contribution in [0.2, 0.25) is 0 Å². The van der Waals surface area contributed by atoms with Crippen molar-refractivity contribution in [3.63, 3.8) is 0 Å². The largest absolute Gasteiger partial charge is 0.507 e. The molecule has 1 aromatic rings. The van der Waals surface area contributed by atoms with Gasteiger partial charge in [0.25, 0.3) is 0 Å². The molecule has 2 N–H and O–H groups in total. The van der Waals surface area contributed by atoms with Gasteiger partial charge in [0.2, 0.25) is 0 Å². The molecule has 0 heterocycles. The van der Waals surface area contributed by atoms with Gasteiger partial charge in [0.05, 0.1) is 12.7 Å². The van der Waals surface area contributed by atoms with Gasteiger partial charge in [-0.3, -0.25) is 0 Å². The van der Waals surface area contributed by atoms with Crippen molar-refractivity contribution >= 4 is 0 Å². The summed E-state index contributed by atoms with van der Waals surface area (Å²) in [7, 11) is 1.68. The fraction of sp³-hybridized carbons (Fsp3) is 0.600. The molecule has 1 fully saturated rings. The van der Waals surface area contributed by atoms with Crippen LogP contribution in [0.4, 0.5) is 0 Å². The van der Waals surface area contributed by atoms with Gasteiger partial charge in [-0.15, -0.1) is 0 Å². The molecule has 0 unspecified atom stereocenters. The summed E-state index contributed by atoms with van der Waals surface area (Å²) in [5.74, 6) is 1.27. The summed E-state index contributed by atoms with van der Waals surface area (Å²) in [6.45, 7) is 0. The standard InChI is InChI=1S/C15H20O3/c1-18-13-8-10(9-15(17)6-7-15)14(16)12-5-3-2-4-11(12)13/h8,16-17H,2-7,9H2,1H3. The van der Waals surface area contributed by atoms with Gasteiger partial charge in [0.1, 0.15) is 11.5 Å². The van der Waals surface area contributed by atoms with Crippen LogP contribution in [-0.2, 0) is 19.3 Å². The smallest absolute Gasteiger partial charge is 0.122 e. The summed E-state index contributed by atoms with van der Waals surface area (Å²) in [6, 6.07) is 1.91. The number of ether oxygens (including phenoxy) is 1. The molecule has 2 aliphatic carbocycles. The lowest BCUT2D eigenvalue weighted by atomic mass is 9.87. The Morgan fingerprint density at radius 2 is 1.89 bits per heavy atom. The van der Waals surface area contributed by atoms with Crippen LogP contribution in [0.5, 0.6) is 11.5 Å². The molecule has 1 aromatic carbocycles. The van der Waals surface area contributed by atoms with Crippen LogP contribution >= 0.6 is 0 Å². The molecule has 3 heteroatoms. The van der Waals surface area contributed by atoms with E-state index in [9.17, 15) is 10.2 Å². The third-order valence-electron chi connectivity index (χ3n) is 4.23. The monoisotopic (exact) mass is 248 g/mol. The first-order chi connectivity index (χ1) is 8.63. The van der Waals surface area contributed by atoms with Gasteiger partial charge in [-0.25, -0.2) is 0 Å². The Morgan fingerprint density at radius 3 is 2.50 bits per heavy atom. The predicted molar refractivity (Wildman–Crippen MR) is 69.2 cm³/mol. The molecule has 18 heavy (non-hydrogen) atoms. The second kappa shape index (κ2) is 4.16. The van der Waals surface area contributed by atoms with Crippen LogP contribution in [0, 0.1) is 0 Å². The van der Waals surface area contributed by atoms with Crippen molar-refractivity contribution in [1.29, 1.82) is 0 Å². The second-order valence-electron chi connectivity index (χ2n) is 5.65. The Hall–Kier alpha value is -1.22. The Morgan fingerprint density at radius 1 is 1.22 bits per heavy atom. The summed E-state index contributed by atoms with van der Waals surface area (Å²) < 4.78 is 5.45. The highest BCUT2D eigenvalue weighted by atomic mass is 16.5. The summed E-state index contributed by atoms with van der Waals surface area (Å²) in [5.41, 5.74) is 2.46. The van der Waals surface area contributed by atoms with Crippen molar-refractivity contribution in [1.82, 2.24) is 0 Å². The van der Waals surface area contributed by atoms with Crippen LogP contribution in [-0.4, -0.2) is 22.9 Å². The Balaban J connectivity index is 2.03. The van der Waals surface area contributed by atoms with E-state index in [4.69, 9.17) is 4.74 Å². The van der Waals surface area contributed by atoms with E-state index in [0.29, 0.717) is 12.2 Å². The number of methoxy groups -OCH3 is 1. The van der Waals surface area contributed by atoms with Gasteiger partial charge in [-0.2, -0.15) is 0 Å². The van der Waals surface area contributed by atoms with Gasteiger partial charge >= 0.3 is 0 Å². The summed E-state index contributed by atoms with van der Waals surface area (Å²) in [4.78, 5) is 0. The maximum Gasteiger partial charge on any atom is 0.122 e. The average Bonchev–Trinajstić information content (AvgIpc) is 3.11. The third kappa shape index (κ3) is 1.97. The first-order valence-electron chi connectivity index (χ1n) is 6.76. The molecule has 98 valence electrons. The van der Waals surface area contributed by atoms with E-state index in [0.717, 1.165) is 61.0 Å². The molecule has 0 saturated heterocycles. The topological polar surface area (TPSA) is 49.7 Å². The van der Waals surface area contributed by atoms with Crippen molar-refractivity contribution in [3.05, 3.63) is 22.8 Å². The summed E-state index contributed by atoms with van der Waals surface area (Å²) >= 11 is 0. The highest BCUT2D eigenvalue weighted by Crippen LogP contribution is 2.44. The van der Waals surface area contributed by atoms with Crippen LogP contribution in [0.3, 0.4) is 0 Å². The fourth-order valence-electron chi connectivity index (χ4n) is 2.94. The minimum atomic E-state index is -0.578. The predicted octanol–water partition coefficient (Wildman–Crippen LogP) is 2.35. The fourth-order valence-corrected chi connectivity index (χ4v) is 2.94. The quantitative estimate of drug-likeness (QED) is 0.863. The molecule has 0 bridgehead atoms. The molecule has 0 aromatic heterocycles. The number of phenolic OH excluding ortho intramolecular Hbond substituents is 1. The summed E-state index contributed by atoms with van der Waals surface area (Å²) in [5, 5.41) is 20.4. The lowest BCUT2D eigenvalue weighted by Crippen LogP contribution is -2.13. The number of benzene rings is 1. The second-order valence-corrected chi connectivity index (χ2v) is 5.65. The lowest BCUT2D eigenvalue weighted by Gasteiger charge is -2.22. The minimum Gasteiger partial charge on any atom is -0.507 e. The molecule has 0 spiro atoms. The van der Waals surface area contributed by atoms with Gasteiger partial charge in [0, 0.05) is 23.1 Å². The summed E-state index contributed by atoms with van der Waals surface area (Å²) in [6.07, 6.45) is 6.41. The molecule has 0 aliphatic heterocycles. The van der Waals surface area contributed by atoms with Crippen molar-refractivity contribution in [2.24, 2.45) is 0 Å². The number of phenols is 1. The number of hydrogen-bond donors (Lipinski definition) is 2. The molecule has 0 radical (unpaired) electrons. The molecule has 3 rings (SSSR count). The van der Waals surface area contributed by atoms with Crippen LogP contribution in [0.15, 0.2) is 6.07 Å². The van der Waals surface area contributed by atoms with Crippen molar-refractivity contribution in [2.45, 2.75) is 50.5 Å². The van der Waals surface area contributed by atoms with Gasteiger partial charge in [-0.1, -0.05) is 0 Å². The van der Waals surface area contributed by atoms with Crippen molar-refractivity contribution < 1.29 is 14.9 Å². The Bertz CT molecular complexity index is 475. The van der Waals surface area contributed by atoms with E-state index in [-0.39, 0.29) is 0 Å². The molecule has 2 aliphatic rings. The maximum absolute atomic E-state index is 10.4. The van der Waals surface area contributed by atoms with E-state index in [2.05, 4.69) is 0 Å². The van der Waals surface area contributed by atoms with Crippen LogP contribution in [0.25, 0.3) is 0 Å². The first kappa shape index (κ1) is 11.8. The van der Waals surface area contributed by atoms with E-state index < -0.39 is 5.60 Å². The molecule has 3 nitrogen and oxygen atoms in total. The van der Waals surface area contributed by atoms with Crippen LogP contribution < -0.4 is 4.74 Å². The molecular weight excluding hydrogens is 228 g/mol. The van der Waals surface area contributed by atoms with E-state index in [1.165, 1.54) is 0 Å². The highest BCUT2D eigenvalue weighted by Gasteiger charge is 2.41. The number of rotatable bonds is 3. The Labute approximate surface area is 107 Å². The van der Waals surface area contributed by atoms with E-state index in [1.807, 2.05) is 6.07 Å². The van der Waals surface area contributed by atoms with E-state index in [1.54, 1.807) is 7.11 Å². The average molecular weight is 248 g/mol. The zero-order valence-electron chi connectivity index (χ0n) is 10.8. The Kier molecular flexibility index (Phi) is 2.74.